The highest BCUT2D eigenvalue weighted by atomic mass is 32.2. The van der Waals surface area contributed by atoms with Gasteiger partial charge in [-0.1, -0.05) is 23.1 Å². The van der Waals surface area contributed by atoms with E-state index in [0.717, 1.165) is 27.8 Å². The molecule has 0 aliphatic carbocycles. The Morgan fingerprint density at radius 3 is 2.66 bits per heavy atom. The van der Waals surface area contributed by atoms with Crippen molar-refractivity contribution in [3.63, 3.8) is 0 Å². The third-order valence-corrected chi connectivity index (χ3v) is 10.4. The number of rotatable bonds is 6. The molecule has 2 saturated heterocycles. The molecular formula is C19H17N3O6S4. The number of pyridine rings is 1. The van der Waals surface area contributed by atoms with Crippen LogP contribution in [0.4, 0.5) is 0 Å². The van der Waals surface area contributed by atoms with E-state index < -0.39 is 51.1 Å². The highest BCUT2D eigenvalue weighted by Gasteiger charge is 2.64. The molecule has 168 valence electrons. The SMILES string of the molecule is CC(=O)N(C1C(=O)N2CC(C(=O)O)(C(=O)Sc3ccncc3)CS[C@H]12)[S+]([O-])c1cccs1. The fraction of sp³-hybridized carbons (Fsp3) is 0.316. The van der Waals surface area contributed by atoms with Gasteiger partial charge in [0.15, 0.2) is 11.5 Å². The molecule has 0 saturated carbocycles. The second kappa shape index (κ2) is 9.06. The number of aliphatic carboxylic acids is 1. The average Bonchev–Trinajstić information content (AvgIpc) is 3.31. The van der Waals surface area contributed by atoms with Gasteiger partial charge < -0.3 is 14.6 Å². The van der Waals surface area contributed by atoms with Crippen LogP contribution in [0, 0.1) is 5.41 Å². The molecule has 2 aromatic heterocycles. The summed E-state index contributed by atoms with van der Waals surface area (Å²) in [6, 6.07) is 5.55. The van der Waals surface area contributed by atoms with Gasteiger partial charge in [0, 0.05) is 42.6 Å². The number of carbonyl (C=O) groups is 4. The lowest BCUT2D eigenvalue weighted by Gasteiger charge is -2.54. The Morgan fingerprint density at radius 2 is 2.06 bits per heavy atom. The Bertz CT molecular complexity index is 1050. The first-order valence-electron chi connectivity index (χ1n) is 9.29. The first kappa shape index (κ1) is 23.1. The van der Waals surface area contributed by atoms with E-state index in [9.17, 15) is 28.8 Å². The van der Waals surface area contributed by atoms with Crippen LogP contribution in [0.25, 0.3) is 0 Å². The summed E-state index contributed by atoms with van der Waals surface area (Å²) in [6.45, 7) is 0.939. The van der Waals surface area contributed by atoms with Crippen LogP contribution >= 0.6 is 34.9 Å². The number of carbonyl (C=O) groups excluding carboxylic acids is 3. The highest BCUT2D eigenvalue weighted by Crippen LogP contribution is 2.47. The molecule has 2 fully saturated rings. The Balaban J connectivity index is 1.54. The molecule has 32 heavy (non-hydrogen) atoms. The lowest BCUT2D eigenvalue weighted by molar-refractivity contribution is -0.163. The van der Waals surface area contributed by atoms with Crippen molar-refractivity contribution in [2.45, 2.75) is 27.4 Å². The Labute approximate surface area is 198 Å². The lowest BCUT2D eigenvalue weighted by atomic mass is 9.88. The minimum atomic E-state index is -1.85. The van der Waals surface area contributed by atoms with Gasteiger partial charge in [0.1, 0.15) is 16.7 Å². The van der Waals surface area contributed by atoms with Gasteiger partial charge in [0.05, 0.1) is 0 Å². The maximum Gasteiger partial charge on any atom is 0.320 e. The fourth-order valence-electron chi connectivity index (χ4n) is 3.46. The molecule has 0 aromatic carbocycles. The van der Waals surface area contributed by atoms with Crippen molar-refractivity contribution in [3.8, 4) is 0 Å². The number of carboxylic acids is 1. The molecule has 1 N–H and O–H groups in total. The van der Waals surface area contributed by atoms with Gasteiger partial charge in [-0.05, 0) is 23.6 Å². The second-order valence-electron chi connectivity index (χ2n) is 7.10. The van der Waals surface area contributed by atoms with E-state index in [1.54, 1.807) is 29.6 Å². The minimum Gasteiger partial charge on any atom is -0.587 e. The van der Waals surface area contributed by atoms with Gasteiger partial charge in [0.2, 0.25) is 9.32 Å². The second-order valence-corrected chi connectivity index (χ2v) is 11.8. The van der Waals surface area contributed by atoms with E-state index in [-0.39, 0.29) is 12.3 Å². The molecule has 9 nitrogen and oxygen atoms in total. The molecule has 0 radical (unpaired) electrons. The van der Waals surface area contributed by atoms with Crippen molar-refractivity contribution in [1.82, 2.24) is 14.2 Å². The third-order valence-electron chi connectivity index (χ3n) is 5.12. The van der Waals surface area contributed by atoms with Gasteiger partial charge in [-0.25, -0.2) is 0 Å². The number of hydrogen-bond donors (Lipinski definition) is 1. The number of amides is 2. The standard InChI is InChI=1S/C19H17N3O6S4/c1-11(23)22(32(28)13-3-2-8-29-13)14-15(24)21-9-19(17(25)26,10-30-16(14)21)18(27)31-12-4-6-20-7-5-12/h2-8,14,16H,9-10H2,1H3,(H,25,26)/t14?,16-,19?,32?/m1/s1. The zero-order valence-corrected chi connectivity index (χ0v) is 19.8. The van der Waals surface area contributed by atoms with Gasteiger partial charge in [-0.2, -0.15) is 0 Å². The topological polar surface area (TPSA) is 131 Å². The molecule has 0 bridgehead atoms. The van der Waals surface area contributed by atoms with E-state index in [0.29, 0.717) is 9.10 Å². The number of nitrogens with zero attached hydrogens (tertiary/aromatic N) is 3. The molecule has 3 unspecified atom stereocenters. The van der Waals surface area contributed by atoms with Crippen LogP contribution in [0.5, 0.6) is 0 Å². The average molecular weight is 512 g/mol. The smallest absolute Gasteiger partial charge is 0.320 e. The summed E-state index contributed by atoms with van der Waals surface area (Å²) in [6.07, 6.45) is 3.00. The molecule has 0 spiro atoms. The molecule has 4 rings (SSSR count). The Morgan fingerprint density at radius 1 is 1.34 bits per heavy atom. The first-order valence-corrected chi connectivity index (χ1v) is 13.1. The number of β-lactam (4-membered cyclic amide) rings is 1. The number of thiophene rings is 1. The van der Waals surface area contributed by atoms with Crippen LogP contribution in [-0.4, -0.2) is 70.5 Å². The highest BCUT2D eigenvalue weighted by molar-refractivity contribution is 8.14. The van der Waals surface area contributed by atoms with Crippen LogP contribution < -0.4 is 0 Å². The Kier molecular flexibility index (Phi) is 6.54. The summed E-state index contributed by atoms with van der Waals surface area (Å²) < 4.78 is 14.4. The van der Waals surface area contributed by atoms with Crippen LogP contribution in [0.3, 0.4) is 0 Å². The quantitative estimate of drug-likeness (QED) is 0.266. The Hall–Kier alpha value is -2.06. The van der Waals surface area contributed by atoms with E-state index in [1.807, 2.05) is 0 Å². The van der Waals surface area contributed by atoms with Crippen LogP contribution in [0.15, 0.2) is 51.1 Å². The number of aromatic nitrogens is 1. The number of carboxylic acid groups (broad SMARTS) is 1. The van der Waals surface area contributed by atoms with Gasteiger partial charge >= 0.3 is 5.97 Å². The van der Waals surface area contributed by atoms with Crippen LogP contribution in [0.1, 0.15) is 6.92 Å². The van der Waals surface area contributed by atoms with Gasteiger partial charge in [-0.15, -0.1) is 16.1 Å². The fourth-order valence-corrected chi connectivity index (χ4v) is 8.32. The van der Waals surface area contributed by atoms with Gasteiger partial charge in [-0.3, -0.25) is 24.2 Å². The summed E-state index contributed by atoms with van der Waals surface area (Å²) in [7, 11) is 0. The molecule has 4 atom stereocenters. The molecule has 2 aromatic rings. The zero-order chi connectivity index (χ0) is 23.0. The van der Waals surface area contributed by atoms with Crippen molar-refractivity contribution >= 4 is 69.1 Å². The maximum absolute atomic E-state index is 13.0. The van der Waals surface area contributed by atoms with Gasteiger partial charge in [0.25, 0.3) is 11.8 Å². The molecule has 2 aliphatic heterocycles. The molecule has 13 heteroatoms. The van der Waals surface area contributed by atoms with Crippen LogP contribution in [-0.2, 0) is 30.5 Å². The monoisotopic (exact) mass is 511 g/mol. The van der Waals surface area contributed by atoms with E-state index >= 15 is 0 Å². The third kappa shape index (κ3) is 3.92. The van der Waals surface area contributed by atoms with E-state index in [2.05, 4.69) is 4.98 Å². The maximum atomic E-state index is 13.0. The summed E-state index contributed by atoms with van der Waals surface area (Å²) in [5.41, 5.74) is -1.79. The summed E-state index contributed by atoms with van der Waals surface area (Å²) >= 11 is 1.27. The zero-order valence-electron chi connectivity index (χ0n) is 16.6. The largest absolute Gasteiger partial charge is 0.587 e. The van der Waals surface area contributed by atoms with Crippen molar-refractivity contribution < 1.29 is 28.8 Å². The van der Waals surface area contributed by atoms with Crippen LogP contribution in [0.2, 0.25) is 0 Å². The van der Waals surface area contributed by atoms with Crippen molar-refractivity contribution in [1.29, 1.82) is 0 Å². The minimum absolute atomic E-state index is 0.0679. The predicted octanol–water partition coefficient (Wildman–Crippen LogP) is 1.69. The number of fused-ring (bicyclic) bond motifs is 1. The number of thioether (sulfide) groups is 2. The summed E-state index contributed by atoms with van der Waals surface area (Å²) in [4.78, 5) is 56.1. The normalized spacial score (nSPS) is 25.4. The lowest BCUT2D eigenvalue weighted by Crippen LogP contribution is -2.75. The molecule has 2 amide bonds. The molecular weight excluding hydrogens is 494 g/mol. The van der Waals surface area contributed by atoms with Crippen molar-refractivity contribution in [2.75, 3.05) is 12.3 Å². The first-order chi connectivity index (χ1) is 15.3. The summed E-state index contributed by atoms with van der Waals surface area (Å²) in [5, 5.41) is 10.5. The van der Waals surface area contributed by atoms with E-state index in [4.69, 9.17) is 0 Å². The van der Waals surface area contributed by atoms with Crippen molar-refractivity contribution in [2.24, 2.45) is 5.41 Å². The molecule has 2 aliphatic rings. The van der Waals surface area contributed by atoms with Crippen molar-refractivity contribution in [3.05, 3.63) is 42.0 Å². The summed E-state index contributed by atoms with van der Waals surface area (Å²) in [5.74, 6) is -2.41. The number of hydrogen-bond acceptors (Lipinski definition) is 9. The molecule has 4 heterocycles. The predicted molar refractivity (Wildman–Crippen MR) is 120 cm³/mol. The van der Waals surface area contributed by atoms with E-state index in [1.165, 1.54) is 35.6 Å².